The number of aromatic nitrogens is 1. The summed E-state index contributed by atoms with van der Waals surface area (Å²) in [6.07, 6.45) is 0. The SMILES string of the molecule is COC(=O)C(Cl)CNC(=O)c1cc(C)no1. The van der Waals surface area contributed by atoms with Gasteiger partial charge in [-0.25, -0.2) is 0 Å². The van der Waals surface area contributed by atoms with Crippen molar-refractivity contribution in [1.82, 2.24) is 10.5 Å². The molecule has 1 unspecified atom stereocenters. The van der Waals surface area contributed by atoms with Gasteiger partial charge in [0.2, 0.25) is 5.76 Å². The maximum Gasteiger partial charge on any atom is 0.325 e. The van der Waals surface area contributed by atoms with E-state index in [1.165, 1.54) is 13.2 Å². The summed E-state index contributed by atoms with van der Waals surface area (Å²) in [5.41, 5.74) is 0.598. The molecule has 1 N–H and O–H groups in total. The summed E-state index contributed by atoms with van der Waals surface area (Å²) in [7, 11) is 1.22. The molecule has 0 fully saturated rings. The Morgan fingerprint density at radius 1 is 1.69 bits per heavy atom. The van der Waals surface area contributed by atoms with Gasteiger partial charge >= 0.3 is 5.97 Å². The molecule has 6 nitrogen and oxygen atoms in total. The van der Waals surface area contributed by atoms with Crippen LogP contribution in [0.1, 0.15) is 16.2 Å². The van der Waals surface area contributed by atoms with Crippen LogP contribution in [-0.2, 0) is 9.53 Å². The highest BCUT2D eigenvalue weighted by molar-refractivity contribution is 6.30. The van der Waals surface area contributed by atoms with Crippen LogP contribution in [0.15, 0.2) is 10.6 Å². The van der Waals surface area contributed by atoms with E-state index in [1.54, 1.807) is 6.92 Å². The Balaban J connectivity index is 2.44. The third-order valence-corrected chi connectivity index (χ3v) is 2.08. The van der Waals surface area contributed by atoms with E-state index in [-0.39, 0.29) is 12.3 Å². The minimum atomic E-state index is -0.919. The molecule has 0 bridgehead atoms. The smallest absolute Gasteiger partial charge is 0.325 e. The maximum absolute atomic E-state index is 11.4. The lowest BCUT2D eigenvalue weighted by Gasteiger charge is -2.07. The molecule has 1 aromatic heterocycles. The summed E-state index contributed by atoms with van der Waals surface area (Å²) in [5, 5.41) is 5.06. The number of rotatable bonds is 4. The lowest BCUT2D eigenvalue weighted by atomic mass is 10.3. The molecule has 0 aliphatic rings. The van der Waals surface area contributed by atoms with Crippen LogP contribution in [0.5, 0.6) is 0 Å². The largest absolute Gasteiger partial charge is 0.468 e. The fourth-order valence-electron chi connectivity index (χ4n) is 0.951. The van der Waals surface area contributed by atoms with E-state index in [9.17, 15) is 9.59 Å². The molecule has 1 atom stereocenters. The standard InChI is InChI=1S/C9H11ClN2O4/c1-5-3-7(16-12-5)8(13)11-4-6(10)9(14)15-2/h3,6H,4H2,1-2H3,(H,11,13). The zero-order valence-electron chi connectivity index (χ0n) is 8.82. The van der Waals surface area contributed by atoms with Crippen LogP contribution >= 0.6 is 11.6 Å². The first-order valence-corrected chi connectivity index (χ1v) is 4.91. The Kier molecular flexibility index (Phi) is 4.30. The molecule has 0 saturated carbocycles. The quantitative estimate of drug-likeness (QED) is 0.618. The topological polar surface area (TPSA) is 81.4 Å². The lowest BCUT2D eigenvalue weighted by Crippen LogP contribution is -2.34. The molecule has 16 heavy (non-hydrogen) atoms. The fourth-order valence-corrected chi connectivity index (χ4v) is 1.12. The molecule has 88 valence electrons. The number of esters is 1. The van der Waals surface area contributed by atoms with Crippen LogP contribution < -0.4 is 5.32 Å². The van der Waals surface area contributed by atoms with Crippen molar-refractivity contribution < 1.29 is 18.8 Å². The number of methoxy groups -OCH3 is 1. The van der Waals surface area contributed by atoms with E-state index in [1.807, 2.05) is 0 Å². The van der Waals surface area contributed by atoms with E-state index in [0.717, 1.165) is 0 Å². The molecule has 0 aliphatic heterocycles. The van der Waals surface area contributed by atoms with Crippen LogP contribution in [-0.4, -0.2) is 36.1 Å². The van der Waals surface area contributed by atoms with Gasteiger partial charge in [0.15, 0.2) is 0 Å². The molecule has 0 radical (unpaired) electrons. The van der Waals surface area contributed by atoms with Gasteiger partial charge in [0, 0.05) is 12.6 Å². The number of ether oxygens (including phenoxy) is 1. The predicted octanol–water partition coefficient (Wildman–Crippen LogP) is 0.493. The molecule has 0 saturated heterocycles. The van der Waals surface area contributed by atoms with E-state index < -0.39 is 17.3 Å². The Hall–Kier alpha value is -1.56. The minimum Gasteiger partial charge on any atom is -0.468 e. The van der Waals surface area contributed by atoms with Crippen molar-refractivity contribution >= 4 is 23.5 Å². The summed E-state index contributed by atoms with van der Waals surface area (Å²) in [6, 6.07) is 1.48. The number of aryl methyl sites for hydroxylation is 1. The van der Waals surface area contributed by atoms with Crippen molar-refractivity contribution in [2.45, 2.75) is 12.3 Å². The van der Waals surface area contributed by atoms with Gasteiger partial charge in [-0.3, -0.25) is 9.59 Å². The van der Waals surface area contributed by atoms with Gasteiger partial charge in [-0.2, -0.15) is 0 Å². The fraction of sp³-hybridized carbons (Fsp3) is 0.444. The molecular formula is C9H11ClN2O4. The Bertz CT molecular complexity index is 391. The van der Waals surface area contributed by atoms with Gasteiger partial charge in [0.1, 0.15) is 5.38 Å². The number of nitrogens with one attached hydrogen (secondary N) is 1. The zero-order valence-corrected chi connectivity index (χ0v) is 9.58. The summed E-state index contributed by atoms with van der Waals surface area (Å²) in [6.45, 7) is 1.66. The molecule has 1 heterocycles. The van der Waals surface area contributed by atoms with Gasteiger partial charge in [-0.1, -0.05) is 5.16 Å². The highest BCUT2D eigenvalue weighted by Gasteiger charge is 2.18. The van der Waals surface area contributed by atoms with Crippen molar-refractivity contribution in [3.8, 4) is 0 Å². The molecule has 1 aromatic rings. The van der Waals surface area contributed by atoms with Gasteiger partial charge in [0.05, 0.1) is 12.8 Å². The van der Waals surface area contributed by atoms with Gasteiger partial charge in [0.25, 0.3) is 5.91 Å². The van der Waals surface area contributed by atoms with Crippen LogP contribution in [0.4, 0.5) is 0 Å². The highest BCUT2D eigenvalue weighted by atomic mass is 35.5. The van der Waals surface area contributed by atoms with E-state index in [2.05, 4.69) is 15.2 Å². The van der Waals surface area contributed by atoms with Crippen molar-refractivity contribution in [2.24, 2.45) is 0 Å². The number of hydrogen-bond acceptors (Lipinski definition) is 5. The highest BCUT2D eigenvalue weighted by Crippen LogP contribution is 2.02. The summed E-state index contributed by atoms with van der Waals surface area (Å²) >= 11 is 5.63. The number of halogens is 1. The van der Waals surface area contributed by atoms with E-state index in [4.69, 9.17) is 16.1 Å². The van der Waals surface area contributed by atoms with Gasteiger partial charge in [-0.15, -0.1) is 11.6 Å². The Morgan fingerprint density at radius 2 is 2.38 bits per heavy atom. The third-order valence-electron chi connectivity index (χ3n) is 1.75. The van der Waals surface area contributed by atoms with Crippen molar-refractivity contribution in [1.29, 1.82) is 0 Å². The van der Waals surface area contributed by atoms with Crippen molar-refractivity contribution in [3.05, 3.63) is 17.5 Å². The molecule has 0 aliphatic carbocycles. The van der Waals surface area contributed by atoms with Crippen molar-refractivity contribution in [2.75, 3.05) is 13.7 Å². The Morgan fingerprint density at radius 3 is 2.88 bits per heavy atom. The van der Waals surface area contributed by atoms with Gasteiger partial charge in [-0.05, 0) is 6.92 Å². The molecule has 7 heteroatoms. The monoisotopic (exact) mass is 246 g/mol. The first-order valence-electron chi connectivity index (χ1n) is 4.48. The number of amides is 1. The number of alkyl halides is 1. The van der Waals surface area contributed by atoms with E-state index >= 15 is 0 Å². The van der Waals surface area contributed by atoms with Crippen molar-refractivity contribution in [3.63, 3.8) is 0 Å². The zero-order chi connectivity index (χ0) is 12.1. The number of carbonyl (C=O) groups is 2. The van der Waals surface area contributed by atoms with Gasteiger partial charge < -0.3 is 14.6 Å². The average molecular weight is 247 g/mol. The molecule has 0 spiro atoms. The second-order valence-corrected chi connectivity index (χ2v) is 3.56. The Labute approximate surface area is 96.9 Å². The van der Waals surface area contributed by atoms with Crippen LogP contribution in [0.25, 0.3) is 0 Å². The molecular weight excluding hydrogens is 236 g/mol. The number of hydrogen-bond donors (Lipinski definition) is 1. The second kappa shape index (κ2) is 5.50. The first kappa shape index (κ1) is 12.5. The summed E-state index contributed by atoms with van der Waals surface area (Å²) < 4.78 is 9.12. The summed E-state index contributed by atoms with van der Waals surface area (Å²) in [4.78, 5) is 22.3. The summed E-state index contributed by atoms with van der Waals surface area (Å²) in [5.74, 6) is -1.00. The van der Waals surface area contributed by atoms with Crippen LogP contribution in [0.3, 0.4) is 0 Å². The van der Waals surface area contributed by atoms with E-state index in [0.29, 0.717) is 5.69 Å². The maximum atomic E-state index is 11.4. The normalized spacial score (nSPS) is 11.9. The minimum absolute atomic E-state index is 0.0349. The third kappa shape index (κ3) is 3.23. The second-order valence-electron chi connectivity index (χ2n) is 3.03. The molecule has 1 rings (SSSR count). The number of carbonyl (C=O) groups excluding carboxylic acids is 2. The molecule has 1 amide bonds. The average Bonchev–Trinajstić information content (AvgIpc) is 2.71. The number of nitrogens with zero attached hydrogens (tertiary/aromatic N) is 1. The van der Waals surface area contributed by atoms with Crippen LogP contribution in [0.2, 0.25) is 0 Å². The first-order chi connectivity index (χ1) is 7.54. The predicted molar refractivity (Wildman–Crippen MR) is 55.2 cm³/mol. The van der Waals surface area contributed by atoms with Crippen LogP contribution in [0, 0.1) is 6.92 Å². The molecule has 0 aromatic carbocycles. The lowest BCUT2D eigenvalue weighted by molar-refractivity contribution is -0.140.